The van der Waals surface area contributed by atoms with Crippen LogP contribution in [0.1, 0.15) is 5.69 Å². The van der Waals surface area contributed by atoms with Gasteiger partial charge in [0.1, 0.15) is 6.61 Å². The third-order valence-electron chi connectivity index (χ3n) is 1.54. The first-order chi connectivity index (χ1) is 7.29. The van der Waals surface area contributed by atoms with Gasteiger partial charge < -0.3 is 20.4 Å². The average Bonchev–Trinajstić information content (AvgIpc) is 2.29. The topological polar surface area (TPSA) is 103 Å². The third-order valence-corrected chi connectivity index (χ3v) is 1.54. The Hall–Kier alpha value is -1.89. The second-order valence-corrected chi connectivity index (χ2v) is 2.54. The summed E-state index contributed by atoms with van der Waals surface area (Å²) in [5.74, 6) is 0.0698. The van der Waals surface area contributed by atoms with Gasteiger partial charge in [-0.25, -0.2) is 9.97 Å². The normalized spacial score (nSPS) is 11.4. The molecule has 0 aliphatic heterocycles. The van der Waals surface area contributed by atoms with Gasteiger partial charge in [-0.15, -0.1) is 0 Å². The van der Waals surface area contributed by atoms with E-state index >= 15 is 0 Å². The molecule has 82 valence electrons. The van der Waals surface area contributed by atoms with Crippen LogP contribution in [0.3, 0.4) is 0 Å². The van der Waals surface area contributed by atoms with Crippen LogP contribution in [0.25, 0.3) is 0 Å². The van der Waals surface area contributed by atoms with E-state index in [0.29, 0.717) is 13.2 Å². The maximum absolute atomic E-state index is 8.50. The second-order valence-electron chi connectivity index (χ2n) is 2.54. The number of ether oxygens (including phenoxy) is 2. The highest BCUT2D eigenvalue weighted by Gasteiger charge is 2.10. The number of hydrogen-bond donors (Lipinski definition) is 2. The van der Waals surface area contributed by atoms with Crippen molar-refractivity contribution in [2.45, 2.75) is 0 Å². The lowest BCUT2D eigenvalue weighted by Crippen LogP contribution is -2.18. The number of aromatic nitrogens is 2. The SMILES string of the molecule is COCCOc1nccnc1C(N)=NO. The fourth-order valence-corrected chi connectivity index (χ4v) is 0.876. The zero-order valence-corrected chi connectivity index (χ0v) is 8.25. The standard InChI is InChI=1S/C8H12N4O3/c1-14-4-5-15-8-6(7(9)12-13)10-2-3-11-8/h2-3,13H,4-5H2,1H3,(H2,9,12). The minimum atomic E-state index is -0.143. The summed E-state index contributed by atoms with van der Waals surface area (Å²) >= 11 is 0. The van der Waals surface area contributed by atoms with Crippen LogP contribution in [0.4, 0.5) is 0 Å². The van der Waals surface area contributed by atoms with Gasteiger partial charge in [0.25, 0.3) is 0 Å². The van der Waals surface area contributed by atoms with Crippen molar-refractivity contribution in [3.05, 3.63) is 18.1 Å². The Morgan fingerprint density at radius 3 is 2.87 bits per heavy atom. The van der Waals surface area contributed by atoms with Crippen LogP contribution in [-0.2, 0) is 4.74 Å². The Morgan fingerprint density at radius 1 is 1.47 bits per heavy atom. The van der Waals surface area contributed by atoms with Gasteiger partial charge in [0, 0.05) is 19.5 Å². The number of hydrogen-bond acceptors (Lipinski definition) is 6. The van der Waals surface area contributed by atoms with Gasteiger partial charge in [0.15, 0.2) is 11.5 Å². The second kappa shape index (κ2) is 5.76. The number of oxime groups is 1. The molecule has 0 amide bonds. The molecule has 0 saturated carbocycles. The smallest absolute Gasteiger partial charge is 0.244 e. The molecule has 1 heterocycles. The van der Waals surface area contributed by atoms with Crippen molar-refractivity contribution in [3.8, 4) is 5.88 Å². The van der Waals surface area contributed by atoms with E-state index in [1.165, 1.54) is 12.4 Å². The van der Waals surface area contributed by atoms with E-state index in [0.717, 1.165) is 0 Å². The summed E-state index contributed by atoms with van der Waals surface area (Å²) < 4.78 is 10.0. The van der Waals surface area contributed by atoms with Crippen molar-refractivity contribution in [1.29, 1.82) is 0 Å². The Kier molecular flexibility index (Phi) is 4.30. The molecule has 15 heavy (non-hydrogen) atoms. The monoisotopic (exact) mass is 212 g/mol. The average molecular weight is 212 g/mol. The zero-order chi connectivity index (χ0) is 11.1. The van der Waals surface area contributed by atoms with Crippen molar-refractivity contribution in [3.63, 3.8) is 0 Å². The molecule has 7 nitrogen and oxygen atoms in total. The number of amidine groups is 1. The summed E-state index contributed by atoms with van der Waals surface area (Å²) in [5, 5.41) is 11.3. The quantitative estimate of drug-likeness (QED) is 0.226. The molecule has 0 atom stereocenters. The van der Waals surface area contributed by atoms with E-state index in [2.05, 4.69) is 15.1 Å². The summed E-state index contributed by atoms with van der Waals surface area (Å²) in [6.07, 6.45) is 2.88. The molecule has 0 unspecified atom stereocenters. The molecule has 0 aliphatic carbocycles. The minimum Gasteiger partial charge on any atom is -0.474 e. The number of rotatable bonds is 5. The van der Waals surface area contributed by atoms with Gasteiger partial charge in [-0.05, 0) is 0 Å². The zero-order valence-electron chi connectivity index (χ0n) is 8.25. The van der Waals surface area contributed by atoms with Crippen molar-refractivity contribution in [2.75, 3.05) is 20.3 Å². The highest BCUT2D eigenvalue weighted by Crippen LogP contribution is 2.10. The Morgan fingerprint density at radius 2 is 2.20 bits per heavy atom. The Labute approximate surface area is 86.5 Å². The fraction of sp³-hybridized carbons (Fsp3) is 0.375. The van der Waals surface area contributed by atoms with Gasteiger partial charge in [-0.1, -0.05) is 5.16 Å². The van der Waals surface area contributed by atoms with Gasteiger partial charge >= 0.3 is 0 Å². The summed E-state index contributed by atoms with van der Waals surface area (Å²) in [6.45, 7) is 0.743. The molecular formula is C8H12N4O3. The lowest BCUT2D eigenvalue weighted by molar-refractivity contribution is 0.143. The van der Waals surface area contributed by atoms with Crippen LogP contribution in [0.15, 0.2) is 17.5 Å². The first kappa shape index (κ1) is 11.2. The van der Waals surface area contributed by atoms with Crippen molar-refractivity contribution < 1.29 is 14.7 Å². The third kappa shape index (κ3) is 3.06. The van der Waals surface area contributed by atoms with Gasteiger partial charge in [0.05, 0.1) is 6.61 Å². The lowest BCUT2D eigenvalue weighted by atomic mass is 10.4. The molecular weight excluding hydrogens is 200 g/mol. The number of nitrogens with two attached hydrogens (primary N) is 1. The molecule has 1 rings (SSSR count). The molecule has 1 aromatic heterocycles. The maximum atomic E-state index is 8.50. The lowest BCUT2D eigenvalue weighted by Gasteiger charge is -2.07. The summed E-state index contributed by atoms with van der Waals surface area (Å²) in [4.78, 5) is 7.79. The summed E-state index contributed by atoms with van der Waals surface area (Å²) in [7, 11) is 1.56. The summed E-state index contributed by atoms with van der Waals surface area (Å²) in [5.41, 5.74) is 5.59. The van der Waals surface area contributed by atoms with E-state index in [9.17, 15) is 0 Å². The van der Waals surface area contributed by atoms with Crippen LogP contribution < -0.4 is 10.5 Å². The molecule has 0 fully saturated rings. The molecule has 0 saturated heterocycles. The first-order valence-electron chi connectivity index (χ1n) is 4.20. The van der Waals surface area contributed by atoms with Crippen LogP contribution in [0.2, 0.25) is 0 Å². The van der Waals surface area contributed by atoms with Crippen LogP contribution in [0, 0.1) is 0 Å². The minimum absolute atomic E-state index is 0.143. The van der Waals surface area contributed by atoms with E-state index < -0.39 is 0 Å². The van der Waals surface area contributed by atoms with Crippen molar-refractivity contribution >= 4 is 5.84 Å². The Balaban J connectivity index is 2.77. The van der Waals surface area contributed by atoms with E-state index in [1.54, 1.807) is 7.11 Å². The van der Waals surface area contributed by atoms with Gasteiger partial charge in [-0.2, -0.15) is 0 Å². The molecule has 0 radical (unpaired) electrons. The van der Waals surface area contributed by atoms with E-state index in [1.807, 2.05) is 0 Å². The molecule has 0 aromatic carbocycles. The Bertz CT molecular complexity index is 342. The molecule has 0 spiro atoms. The molecule has 1 aromatic rings. The van der Waals surface area contributed by atoms with Crippen molar-refractivity contribution in [1.82, 2.24) is 9.97 Å². The number of nitrogens with zero attached hydrogens (tertiary/aromatic N) is 3. The van der Waals surface area contributed by atoms with Crippen LogP contribution in [-0.4, -0.2) is 41.3 Å². The first-order valence-corrected chi connectivity index (χ1v) is 4.20. The molecule has 7 heteroatoms. The summed E-state index contributed by atoms with van der Waals surface area (Å²) in [6, 6.07) is 0. The van der Waals surface area contributed by atoms with Gasteiger partial charge in [0.2, 0.25) is 5.88 Å². The molecule has 0 bridgehead atoms. The molecule has 0 aliphatic rings. The van der Waals surface area contributed by atoms with Crippen LogP contribution in [0.5, 0.6) is 5.88 Å². The van der Waals surface area contributed by atoms with E-state index in [-0.39, 0.29) is 17.4 Å². The highest BCUT2D eigenvalue weighted by atomic mass is 16.5. The van der Waals surface area contributed by atoms with Crippen molar-refractivity contribution in [2.24, 2.45) is 10.9 Å². The largest absolute Gasteiger partial charge is 0.474 e. The van der Waals surface area contributed by atoms with E-state index in [4.69, 9.17) is 20.4 Å². The molecule has 3 N–H and O–H groups in total. The predicted octanol–water partition coefficient (Wildman–Crippen LogP) is -0.404. The predicted molar refractivity (Wildman–Crippen MR) is 51.9 cm³/mol. The maximum Gasteiger partial charge on any atom is 0.244 e. The highest BCUT2D eigenvalue weighted by molar-refractivity contribution is 5.97. The van der Waals surface area contributed by atoms with Gasteiger partial charge in [-0.3, -0.25) is 0 Å². The fourth-order valence-electron chi connectivity index (χ4n) is 0.876. The number of methoxy groups -OCH3 is 1. The van der Waals surface area contributed by atoms with Crippen LogP contribution >= 0.6 is 0 Å².